The molecule has 0 spiro atoms. The molecule has 0 saturated carbocycles. The van der Waals surface area contributed by atoms with Gasteiger partial charge >= 0.3 is 6.09 Å². The van der Waals surface area contributed by atoms with Crippen LogP contribution in [0.1, 0.15) is 41.0 Å². The van der Waals surface area contributed by atoms with Crippen molar-refractivity contribution in [2.24, 2.45) is 11.3 Å². The Kier molecular flexibility index (Phi) is 3.84. The molecule has 1 rings (SSSR count). The number of piperidine rings is 1. The summed E-state index contributed by atoms with van der Waals surface area (Å²) in [4.78, 5) is 24.7. The van der Waals surface area contributed by atoms with Crippen LogP contribution in [0.15, 0.2) is 0 Å². The number of aldehydes is 1. The quantitative estimate of drug-likeness (QED) is 0.662. The monoisotopic (exact) mass is 241 g/mol. The van der Waals surface area contributed by atoms with Gasteiger partial charge in [0.15, 0.2) is 0 Å². The fourth-order valence-electron chi connectivity index (χ4n) is 1.96. The van der Waals surface area contributed by atoms with Gasteiger partial charge in [-0.2, -0.15) is 0 Å². The first-order chi connectivity index (χ1) is 7.68. The average molecular weight is 241 g/mol. The Morgan fingerprint density at radius 2 is 2.06 bits per heavy atom. The van der Waals surface area contributed by atoms with Crippen LogP contribution >= 0.6 is 0 Å². The van der Waals surface area contributed by atoms with E-state index < -0.39 is 11.0 Å². The van der Waals surface area contributed by atoms with Crippen molar-refractivity contribution in [3.05, 3.63) is 0 Å². The van der Waals surface area contributed by atoms with Crippen molar-refractivity contribution < 1.29 is 14.3 Å². The number of hydrogen-bond acceptors (Lipinski definition) is 3. The van der Waals surface area contributed by atoms with Gasteiger partial charge in [0.1, 0.15) is 11.9 Å². The summed E-state index contributed by atoms with van der Waals surface area (Å²) in [6, 6.07) is 0. The van der Waals surface area contributed by atoms with Crippen LogP contribution in [0.2, 0.25) is 0 Å². The van der Waals surface area contributed by atoms with Gasteiger partial charge in [0, 0.05) is 18.5 Å². The van der Waals surface area contributed by atoms with Gasteiger partial charge in [0.2, 0.25) is 0 Å². The first-order valence-electron chi connectivity index (χ1n) is 6.12. The maximum Gasteiger partial charge on any atom is 0.410 e. The predicted molar refractivity (Wildman–Crippen MR) is 65.8 cm³/mol. The predicted octanol–water partition coefficient (Wildman–Crippen LogP) is 2.47. The fraction of sp³-hybridized carbons (Fsp3) is 0.846. The van der Waals surface area contributed by atoms with E-state index in [1.165, 1.54) is 0 Å². The lowest BCUT2D eigenvalue weighted by Crippen LogP contribution is -2.50. The third-order valence-corrected chi connectivity index (χ3v) is 3.41. The Morgan fingerprint density at radius 3 is 2.53 bits per heavy atom. The number of carbonyl (C=O) groups is 2. The summed E-state index contributed by atoms with van der Waals surface area (Å²) in [5.41, 5.74) is -0.938. The molecule has 0 aromatic rings. The van der Waals surface area contributed by atoms with Gasteiger partial charge < -0.3 is 14.4 Å². The summed E-state index contributed by atoms with van der Waals surface area (Å²) in [5.74, 6) is 0.304. The molecule has 1 saturated heterocycles. The Balaban J connectivity index is 2.69. The molecule has 4 nitrogen and oxygen atoms in total. The van der Waals surface area contributed by atoms with E-state index in [-0.39, 0.29) is 6.09 Å². The third kappa shape index (κ3) is 3.45. The van der Waals surface area contributed by atoms with Crippen molar-refractivity contribution in [1.82, 2.24) is 4.90 Å². The molecule has 17 heavy (non-hydrogen) atoms. The zero-order chi connectivity index (χ0) is 13.3. The summed E-state index contributed by atoms with van der Waals surface area (Å²) in [7, 11) is 0. The minimum Gasteiger partial charge on any atom is -0.444 e. The van der Waals surface area contributed by atoms with Crippen LogP contribution in [0, 0.1) is 11.3 Å². The first-order valence-corrected chi connectivity index (χ1v) is 6.12. The Hall–Kier alpha value is -1.06. The Bertz CT molecular complexity index is 308. The van der Waals surface area contributed by atoms with Gasteiger partial charge in [0.05, 0.1) is 0 Å². The van der Waals surface area contributed by atoms with Crippen LogP contribution in [0.25, 0.3) is 0 Å². The lowest BCUT2D eigenvalue weighted by molar-refractivity contribution is -0.120. The van der Waals surface area contributed by atoms with Crippen molar-refractivity contribution in [3.63, 3.8) is 0 Å². The van der Waals surface area contributed by atoms with Crippen molar-refractivity contribution in [1.29, 1.82) is 0 Å². The number of hydrogen-bond donors (Lipinski definition) is 0. The highest BCUT2D eigenvalue weighted by Gasteiger charge is 2.39. The zero-order valence-electron chi connectivity index (χ0n) is 11.4. The minimum atomic E-state index is -0.488. The van der Waals surface area contributed by atoms with Crippen LogP contribution in [0.4, 0.5) is 4.79 Å². The van der Waals surface area contributed by atoms with E-state index in [2.05, 4.69) is 6.92 Å². The van der Waals surface area contributed by atoms with Crippen molar-refractivity contribution in [3.8, 4) is 0 Å². The van der Waals surface area contributed by atoms with Crippen LogP contribution in [-0.2, 0) is 9.53 Å². The molecule has 1 heterocycles. The van der Waals surface area contributed by atoms with E-state index >= 15 is 0 Å². The number of likely N-dealkylation sites (tertiary alicyclic amines) is 1. The molecule has 0 aromatic heterocycles. The highest BCUT2D eigenvalue weighted by atomic mass is 16.6. The van der Waals surface area contributed by atoms with E-state index in [9.17, 15) is 9.59 Å². The molecule has 1 aliphatic heterocycles. The molecule has 98 valence electrons. The Morgan fingerprint density at radius 1 is 1.47 bits per heavy atom. The molecule has 0 bridgehead atoms. The molecule has 1 amide bonds. The summed E-state index contributed by atoms with van der Waals surface area (Å²) >= 11 is 0. The van der Waals surface area contributed by atoms with Crippen LogP contribution in [-0.4, -0.2) is 36.0 Å². The zero-order valence-corrected chi connectivity index (χ0v) is 11.4. The topological polar surface area (TPSA) is 46.6 Å². The highest BCUT2D eigenvalue weighted by Crippen LogP contribution is 2.33. The normalized spacial score (nSPS) is 29.9. The molecule has 0 N–H and O–H groups in total. The summed E-state index contributed by atoms with van der Waals surface area (Å²) in [6.07, 6.45) is 1.49. The summed E-state index contributed by atoms with van der Waals surface area (Å²) in [6.45, 7) is 10.6. The molecule has 0 aromatic carbocycles. The van der Waals surface area contributed by atoms with Gasteiger partial charge in [-0.25, -0.2) is 4.79 Å². The fourth-order valence-corrected chi connectivity index (χ4v) is 1.96. The third-order valence-electron chi connectivity index (χ3n) is 3.41. The number of nitrogens with zero attached hydrogens (tertiary/aromatic N) is 1. The van der Waals surface area contributed by atoms with E-state index in [4.69, 9.17) is 4.74 Å². The molecule has 1 fully saturated rings. The largest absolute Gasteiger partial charge is 0.444 e. The second kappa shape index (κ2) is 4.67. The SMILES string of the molecule is CC1CCN(C(=O)OC(C)(C)C)CC1(C)C=O. The van der Waals surface area contributed by atoms with Gasteiger partial charge in [-0.15, -0.1) is 0 Å². The van der Waals surface area contributed by atoms with Crippen molar-refractivity contribution >= 4 is 12.4 Å². The number of rotatable bonds is 1. The highest BCUT2D eigenvalue weighted by molar-refractivity contribution is 5.70. The molecule has 0 aliphatic carbocycles. The van der Waals surface area contributed by atoms with Gasteiger partial charge in [0.25, 0.3) is 0 Å². The molecular weight excluding hydrogens is 218 g/mol. The second-order valence-electron chi connectivity index (χ2n) is 6.22. The first kappa shape index (κ1) is 14.0. The Labute approximate surface area is 103 Å². The van der Waals surface area contributed by atoms with Crippen LogP contribution in [0.5, 0.6) is 0 Å². The molecule has 0 radical (unpaired) electrons. The lowest BCUT2D eigenvalue weighted by Gasteiger charge is -2.41. The smallest absolute Gasteiger partial charge is 0.410 e. The van der Waals surface area contributed by atoms with E-state index in [0.29, 0.717) is 19.0 Å². The van der Waals surface area contributed by atoms with Crippen LogP contribution < -0.4 is 0 Å². The van der Waals surface area contributed by atoms with Crippen LogP contribution in [0.3, 0.4) is 0 Å². The summed E-state index contributed by atoms with van der Waals surface area (Å²) < 4.78 is 5.32. The number of amides is 1. The van der Waals surface area contributed by atoms with Gasteiger partial charge in [-0.3, -0.25) is 0 Å². The van der Waals surface area contributed by atoms with E-state index in [1.54, 1.807) is 4.90 Å². The van der Waals surface area contributed by atoms with Gasteiger partial charge in [-0.1, -0.05) is 13.8 Å². The molecule has 4 heteroatoms. The summed E-state index contributed by atoms with van der Waals surface area (Å²) in [5, 5.41) is 0. The molecule has 1 aliphatic rings. The lowest BCUT2D eigenvalue weighted by atomic mass is 9.75. The van der Waals surface area contributed by atoms with Gasteiger partial charge in [-0.05, 0) is 33.1 Å². The molecular formula is C13H23NO3. The molecule has 2 unspecified atom stereocenters. The minimum absolute atomic E-state index is 0.304. The van der Waals surface area contributed by atoms with Crippen molar-refractivity contribution in [2.75, 3.05) is 13.1 Å². The number of carbonyl (C=O) groups excluding carboxylic acids is 2. The maximum absolute atomic E-state index is 11.9. The van der Waals surface area contributed by atoms with Crippen molar-refractivity contribution in [2.45, 2.75) is 46.6 Å². The average Bonchev–Trinajstić information content (AvgIpc) is 2.19. The molecule has 2 atom stereocenters. The number of ether oxygens (including phenoxy) is 1. The maximum atomic E-state index is 11.9. The second-order valence-corrected chi connectivity index (χ2v) is 6.22. The standard InChI is InChI=1S/C13H23NO3/c1-10-6-7-14(8-13(10,5)9-15)11(16)17-12(2,3)4/h9-10H,6-8H2,1-5H3. The van der Waals surface area contributed by atoms with E-state index in [1.807, 2.05) is 27.7 Å². The van der Waals surface area contributed by atoms with E-state index in [0.717, 1.165) is 12.7 Å².